The zero-order chi connectivity index (χ0) is 12.8. The molecule has 98 valence electrons. The highest BCUT2D eigenvalue weighted by Crippen LogP contribution is 2.49. The van der Waals surface area contributed by atoms with E-state index in [1.165, 1.54) is 5.57 Å². The van der Waals surface area contributed by atoms with Crippen LogP contribution in [-0.4, -0.2) is 21.9 Å². The van der Waals surface area contributed by atoms with Crippen LogP contribution in [0.3, 0.4) is 0 Å². The Morgan fingerprint density at radius 3 is 2.65 bits per heavy atom. The molecule has 0 saturated heterocycles. The molecule has 0 aliphatic heterocycles. The molecule has 2 aliphatic rings. The molecule has 0 aromatic carbocycles. The molecule has 5 atom stereocenters. The van der Waals surface area contributed by atoms with Gasteiger partial charge in [0.2, 0.25) is 0 Å². The fourth-order valence-corrected chi connectivity index (χ4v) is 4.03. The fourth-order valence-electron chi connectivity index (χ4n) is 4.03. The monoisotopic (exact) mass is 238 g/mol. The van der Waals surface area contributed by atoms with E-state index < -0.39 is 5.60 Å². The zero-order valence-corrected chi connectivity index (χ0v) is 11.5. The van der Waals surface area contributed by atoms with Crippen LogP contribution in [-0.2, 0) is 0 Å². The Labute approximate surface area is 105 Å². The van der Waals surface area contributed by atoms with E-state index in [4.69, 9.17) is 0 Å². The number of fused-ring (bicyclic) bond motifs is 1. The average molecular weight is 238 g/mol. The SMILES string of the molecule is CC1=C[C@@H]2[C@@H]([C@@H](O)C1)[C@](C)(O)CC[C@@H]2C(C)C. The second-order valence-corrected chi connectivity index (χ2v) is 6.69. The van der Waals surface area contributed by atoms with Crippen molar-refractivity contribution in [1.82, 2.24) is 0 Å². The Bertz CT molecular complexity index is 317. The second kappa shape index (κ2) is 4.40. The van der Waals surface area contributed by atoms with Crippen molar-refractivity contribution in [3.8, 4) is 0 Å². The molecule has 0 amide bonds. The molecule has 2 aliphatic carbocycles. The van der Waals surface area contributed by atoms with Gasteiger partial charge < -0.3 is 10.2 Å². The summed E-state index contributed by atoms with van der Waals surface area (Å²) in [5, 5.41) is 20.8. The minimum Gasteiger partial charge on any atom is -0.392 e. The number of allylic oxidation sites excluding steroid dienone is 1. The molecule has 1 fully saturated rings. The molecule has 2 rings (SSSR count). The van der Waals surface area contributed by atoms with E-state index in [1.807, 2.05) is 6.92 Å². The lowest BCUT2D eigenvalue weighted by atomic mass is 9.57. The molecule has 0 radical (unpaired) electrons. The van der Waals surface area contributed by atoms with E-state index in [0.717, 1.165) is 19.3 Å². The van der Waals surface area contributed by atoms with Crippen molar-refractivity contribution in [1.29, 1.82) is 0 Å². The summed E-state index contributed by atoms with van der Waals surface area (Å²) in [5.41, 5.74) is 0.578. The molecule has 2 nitrogen and oxygen atoms in total. The number of hydrogen-bond donors (Lipinski definition) is 2. The van der Waals surface area contributed by atoms with Crippen molar-refractivity contribution >= 4 is 0 Å². The van der Waals surface area contributed by atoms with Crippen LogP contribution < -0.4 is 0 Å². The van der Waals surface area contributed by atoms with E-state index in [9.17, 15) is 10.2 Å². The van der Waals surface area contributed by atoms with Crippen LogP contribution in [0.4, 0.5) is 0 Å². The number of hydrogen-bond acceptors (Lipinski definition) is 2. The second-order valence-electron chi connectivity index (χ2n) is 6.69. The van der Waals surface area contributed by atoms with Crippen LogP contribution >= 0.6 is 0 Å². The average Bonchev–Trinajstić information content (AvgIpc) is 2.14. The molecule has 0 spiro atoms. The lowest BCUT2D eigenvalue weighted by Gasteiger charge is -2.51. The van der Waals surface area contributed by atoms with E-state index in [-0.39, 0.29) is 12.0 Å². The first-order valence-electron chi connectivity index (χ1n) is 6.90. The summed E-state index contributed by atoms with van der Waals surface area (Å²) in [5.74, 6) is 1.59. The Morgan fingerprint density at radius 1 is 1.41 bits per heavy atom. The largest absolute Gasteiger partial charge is 0.392 e. The van der Waals surface area contributed by atoms with Gasteiger partial charge in [-0.3, -0.25) is 0 Å². The highest BCUT2D eigenvalue weighted by Gasteiger charge is 2.49. The topological polar surface area (TPSA) is 40.5 Å². The molecule has 2 heteroatoms. The molecule has 0 bridgehead atoms. The fraction of sp³-hybridized carbons (Fsp3) is 0.867. The van der Waals surface area contributed by atoms with Gasteiger partial charge in [0.1, 0.15) is 0 Å². The van der Waals surface area contributed by atoms with Gasteiger partial charge in [-0.05, 0) is 50.9 Å². The molecule has 1 saturated carbocycles. The predicted molar refractivity (Wildman–Crippen MR) is 69.5 cm³/mol. The Morgan fingerprint density at radius 2 is 2.06 bits per heavy atom. The molecule has 17 heavy (non-hydrogen) atoms. The summed E-state index contributed by atoms with van der Waals surface area (Å²) in [6.45, 7) is 8.51. The summed E-state index contributed by atoms with van der Waals surface area (Å²) < 4.78 is 0. The van der Waals surface area contributed by atoms with E-state index in [2.05, 4.69) is 26.8 Å². The lowest BCUT2D eigenvalue weighted by Crippen LogP contribution is -2.53. The van der Waals surface area contributed by atoms with Crippen molar-refractivity contribution in [3.63, 3.8) is 0 Å². The van der Waals surface area contributed by atoms with Crippen molar-refractivity contribution in [2.45, 2.75) is 58.7 Å². The van der Waals surface area contributed by atoms with Gasteiger partial charge in [0.25, 0.3) is 0 Å². The van der Waals surface area contributed by atoms with Crippen LogP contribution in [0.25, 0.3) is 0 Å². The van der Waals surface area contributed by atoms with Gasteiger partial charge in [0.05, 0.1) is 11.7 Å². The van der Waals surface area contributed by atoms with E-state index in [0.29, 0.717) is 17.8 Å². The van der Waals surface area contributed by atoms with Crippen LogP contribution in [0.2, 0.25) is 0 Å². The van der Waals surface area contributed by atoms with Crippen LogP contribution in [0, 0.1) is 23.7 Å². The highest BCUT2D eigenvalue weighted by atomic mass is 16.3. The Hall–Kier alpha value is -0.340. The van der Waals surface area contributed by atoms with Gasteiger partial charge in [0.15, 0.2) is 0 Å². The predicted octanol–water partition coefficient (Wildman–Crippen LogP) is 2.75. The van der Waals surface area contributed by atoms with Crippen molar-refractivity contribution < 1.29 is 10.2 Å². The van der Waals surface area contributed by atoms with Gasteiger partial charge in [-0.2, -0.15) is 0 Å². The van der Waals surface area contributed by atoms with Gasteiger partial charge in [-0.1, -0.05) is 25.5 Å². The van der Waals surface area contributed by atoms with Crippen molar-refractivity contribution in [2.24, 2.45) is 23.7 Å². The van der Waals surface area contributed by atoms with Crippen LogP contribution in [0.15, 0.2) is 11.6 Å². The van der Waals surface area contributed by atoms with E-state index in [1.54, 1.807) is 0 Å². The Kier molecular flexibility index (Phi) is 3.39. The van der Waals surface area contributed by atoms with E-state index >= 15 is 0 Å². The smallest absolute Gasteiger partial charge is 0.0678 e. The third-order valence-electron chi connectivity index (χ3n) is 4.89. The zero-order valence-electron chi connectivity index (χ0n) is 11.5. The lowest BCUT2D eigenvalue weighted by molar-refractivity contribution is -0.125. The molecular weight excluding hydrogens is 212 g/mol. The first-order chi connectivity index (χ1) is 7.83. The minimum absolute atomic E-state index is 0.0207. The molecule has 0 unspecified atom stereocenters. The standard InChI is InChI=1S/C15H26O2/c1-9(2)11-5-6-15(4,17)14-12(11)7-10(3)8-13(14)16/h7,9,11-14,16-17H,5-6,8H2,1-4H3/t11-,12+,13+,14+,15-/m1/s1. The van der Waals surface area contributed by atoms with Gasteiger partial charge in [0, 0.05) is 5.92 Å². The molecule has 0 aromatic heterocycles. The van der Waals surface area contributed by atoms with Gasteiger partial charge >= 0.3 is 0 Å². The van der Waals surface area contributed by atoms with Gasteiger partial charge in [-0.15, -0.1) is 0 Å². The quantitative estimate of drug-likeness (QED) is 0.690. The molecular formula is C15H26O2. The maximum Gasteiger partial charge on any atom is 0.0678 e. The molecule has 0 aromatic rings. The summed E-state index contributed by atoms with van der Waals surface area (Å²) in [4.78, 5) is 0. The maximum absolute atomic E-state index is 10.5. The summed E-state index contributed by atoms with van der Waals surface area (Å²) in [7, 11) is 0. The summed E-state index contributed by atoms with van der Waals surface area (Å²) >= 11 is 0. The molecule has 2 N–H and O–H groups in total. The van der Waals surface area contributed by atoms with Crippen LogP contribution in [0.5, 0.6) is 0 Å². The number of aliphatic hydroxyl groups excluding tert-OH is 1. The van der Waals surface area contributed by atoms with Crippen LogP contribution in [0.1, 0.15) is 47.0 Å². The summed E-state index contributed by atoms with van der Waals surface area (Å²) in [6.07, 6.45) is 4.56. The minimum atomic E-state index is -0.702. The van der Waals surface area contributed by atoms with Gasteiger partial charge in [-0.25, -0.2) is 0 Å². The number of rotatable bonds is 1. The Balaban J connectivity index is 2.35. The summed E-state index contributed by atoms with van der Waals surface area (Å²) in [6, 6.07) is 0. The third kappa shape index (κ3) is 2.30. The third-order valence-corrected chi connectivity index (χ3v) is 4.89. The normalized spacial score (nSPS) is 46.6. The van der Waals surface area contributed by atoms with Crippen molar-refractivity contribution in [2.75, 3.05) is 0 Å². The first-order valence-corrected chi connectivity index (χ1v) is 6.90. The van der Waals surface area contributed by atoms with Crippen molar-refractivity contribution in [3.05, 3.63) is 11.6 Å². The maximum atomic E-state index is 10.5. The first kappa shape index (κ1) is 13.1. The molecule has 0 heterocycles. The number of aliphatic hydroxyl groups is 2. The highest BCUT2D eigenvalue weighted by molar-refractivity contribution is 5.16.